The molecule has 0 heterocycles. The topological polar surface area (TPSA) is 79.6 Å². The zero-order valence-electron chi connectivity index (χ0n) is 15.5. The van der Waals surface area contributed by atoms with E-state index in [9.17, 15) is 10.1 Å². The molecule has 0 saturated carbocycles. The molecule has 0 amide bonds. The Morgan fingerprint density at radius 1 is 1.10 bits per heavy atom. The lowest BCUT2D eigenvalue weighted by atomic mass is 10.2. The summed E-state index contributed by atoms with van der Waals surface area (Å²) >= 11 is 6.53. The van der Waals surface area contributed by atoms with Gasteiger partial charge >= 0.3 is 0 Å². The van der Waals surface area contributed by atoms with Crippen LogP contribution in [-0.4, -0.2) is 16.3 Å². The quantitative estimate of drug-likeness (QED) is 0.240. The van der Waals surface area contributed by atoms with E-state index in [0.29, 0.717) is 15.6 Å². The van der Waals surface area contributed by atoms with Crippen molar-refractivity contribution < 1.29 is 4.92 Å². The number of hydrogen-bond acceptors (Lipinski definition) is 5. The molecule has 0 aliphatic heterocycles. The van der Waals surface area contributed by atoms with E-state index >= 15 is 0 Å². The Morgan fingerprint density at radius 3 is 2.52 bits per heavy atom. The Bertz CT molecular complexity index is 1040. The minimum absolute atomic E-state index is 0.0320. The van der Waals surface area contributed by atoms with Gasteiger partial charge in [-0.1, -0.05) is 53.7 Å². The molecule has 0 radical (unpaired) electrons. The molecule has 0 unspecified atom stereocenters. The molecule has 0 saturated heterocycles. The first-order valence-corrected chi connectivity index (χ1v) is 9.92. The maximum Gasteiger partial charge on any atom is 0.283 e. The molecular weight excluding hydrogens is 404 g/mol. The van der Waals surface area contributed by atoms with Crippen LogP contribution >= 0.6 is 24.0 Å². The molecule has 0 aromatic heterocycles. The summed E-state index contributed by atoms with van der Waals surface area (Å²) in [5, 5.41) is 18.9. The van der Waals surface area contributed by atoms with Crippen LogP contribution in [0.25, 0.3) is 0 Å². The second-order valence-corrected chi connectivity index (χ2v) is 7.61. The molecule has 2 N–H and O–H groups in total. The van der Waals surface area contributed by atoms with Crippen molar-refractivity contribution in [3.05, 3.63) is 94.0 Å². The average Bonchev–Trinajstić information content (AvgIpc) is 2.71. The number of hydrogen-bond donors (Lipinski definition) is 2. The summed E-state index contributed by atoms with van der Waals surface area (Å²) in [5.74, 6) is 0. The largest absolute Gasteiger partial charge is 0.331 e. The standard InChI is InChI=1S/C21H18N4O2S2/c1-15-7-10-18(11-8-15)29-20-12-9-16(13-19(20)25(26)27)14-22-24-21(28)23-17-5-3-2-4-6-17/h2-14H,1H3,(H2,23,24,28)/b22-14-. The minimum atomic E-state index is -0.386. The first-order valence-electron chi connectivity index (χ1n) is 8.69. The Hall–Kier alpha value is -3.23. The van der Waals surface area contributed by atoms with Gasteiger partial charge < -0.3 is 5.32 Å². The monoisotopic (exact) mass is 422 g/mol. The van der Waals surface area contributed by atoms with Gasteiger partial charge in [-0.25, -0.2) is 0 Å². The van der Waals surface area contributed by atoms with Crippen LogP contribution in [0.4, 0.5) is 11.4 Å². The number of nitrogens with zero attached hydrogens (tertiary/aromatic N) is 2. The van der Waals surface area contributed by atoms with Gasteiger partial charge in [0.15, 0.2) is 5.11 Å². The Labute approximate surface area is 178 Å². The van der Waals surface area contributed by atoms with Crippen molar-refractivity contribution >= 4 is 46.7 Å². The van der Waals surface area contributed by atoms with Crippen LogP contribution in [0.15, 0.2) is 87.7 Å². The summed E-state index contributed by atoms with van der Waals surface area (Å²) in [5.41, 5.74) is 5.31. The lowest BCUT2D eigenvalue weighted by Gasteiger charge is -2.06. The van der Waals surface area contributed by atoms with Gasteiger partial charge in [-0.3, -0.25) is 15.5 Å². The second kappa shape index (κ2) is 9.81. The number of thiocarbonyl (C=S) groups is 1. The fourth-order valence-corrected chi connectivity index (χ4v) is 3.49. The van der Waals surface area contributed by atoms with Crippen LogP contribution in [0.1, 0.15) is 11.1 Å². The molecule has 8 heteroatoms. The highest BCUT2D eigenvalue weighted by Gasteiger charge is 2.15. The molecule has 3 rings (SSSR count). The lowest BCUT2D eigenvalue weighted by molar-refractivity contribution is -0.387. The number of aryl methyl sites for hydroxylation is 1. The van der Waals surface area contributed by atoms with Crippen molar-refractivity contribution in [2.24, 2.45) is 5.10 Å². The maximum absolute atomic E-state index is 11.5. The highest BCUT2D eigenvalue weighted by Crippen LogP contribution is 2.35. The van der Waals surface area contributed by atoms with Crippen molar-refractivity contribution in [2.45, 2.75) is 16.7 Å². The number of nitrogens with one attached hydrogen (secondary N) is 2. The van der Waals surface area contributed by atoms with E-state index in [1.807, 2.05) is 61.5 Å². The predicted molar refractivity (Wildman–Crippen MR) is 122 cm³/mol. The molecule has 0 aliphatic rings. The van der Waals surface area contributed by atoms with E-state index in [-0.39, 0.29) is 10.6 Å². The molecule has 146 valence electrons. The van der Waals surface area contributed by atoms with E-state index in [1.54, 1.807) is 12.1 Å². The summed E-state index contributed by atoms with van der Waals surface area (Å²) in [6, 6.07) is 22.3. The van der Waals surface area contributed by atoms with Gasteiger partial charge in [-0.15, -0.1) is 0 Å². The van der Waals surface area contributed by atoms with Crippen LogP contribution in [0.5, 0.6) is 0 Å². The predicted octanol–water partition coefficient (Wildman–Crippen LogP) is 5.37. The summed E-state index contributed by atoms with van der Waals surface area (Å²) in [6.45, 7) is 2.00. The number of para-hydroxylation sites is 1. The highest BCUT2D eigenvalue weighted by molar-refractivity contribution is 7.99. The van der Waals surface area contributed by atoms with Gasteiger partial charge in [0.05, 0.1) is 16.0 Å². The van der Waals surface area contributed by atoms with E-state index in [0.717, 1.165) is 16.1 Å². The van der Waals surface area contributed by atoms with Crippen molar-refractivity contribution in [2.75, 3.05) is 5.32 Å². The smallest absolute Gasteiger partial charge is 0.283 e. The molecule has 0 spiro atoms. The summed E-state index contributed by atoms with van der Waals surface area (Å²) in [7, 11) is 0. The molecule has 29 heavy (non-hydrogen) atoms. The first kappa shape index (κ1) is 20.5. The fourth-order valence-electron chi connectivity index (χ4n) is 2.42. The molecule has 6 nitrogen and oxygen atoms in total. The molecule has 0 atom stereocenters. The Kier molecular flexibility index (Phi) is 6.94. The van der Waals surface area contributed by atoms with Crippen molar-refractivity contribution in [3.8, 4) is 0 Å². The molecule has 3 aromatic carbocycles. The first-order chi connectivity index (χ1) is 14.0. The van der Waals surface area contributed by atoms with Gasteiger partial charge in [0.1, 0.15) is 0 Å². The third kappa shape index (κ3) is 6.13. The molecule has 0 bridgehead atoms. The van der Waals surface area contributed by atoms with Gasteiger partial charge in [0.25, 0.3) is 5.69 Å². The average molecular weight is 423 g/mol. The third-order valence-electron chi connectivity index (χ3n) is 3.84. The maximum atomic E-state index is 11.5. The van der Waals surface area contributed by atoms with Crippen LogP contribution in [0, 0.1) is 17.0 Å². The SMILES string of the molecule is Cc1ccc(Sc2ccc(/C=N\NC(=S)Nc3ccccc3)cc2[N+](=O)[O-])cc1. The van der Waals surface area contributed by atoms with Gasteiger partial charge in [0.2, 0.25) is 0 Å². The molecule has 0 fully saturated rings. The zero-order chi connectivity index (χ0) is 20.6. The van der Waals surface area contributed by atoms with Crippen molar-refractivity contribution in [3.63, 3.8) is 0 Å². The Balaban J connectivity index is 1.67. The van der Waals surface area contributed by atoms with Crippen LogP contribution in [-0.2, 0) is 0 Å². The van der Waals surface area contributed by atoms with Crippen LogP contribution in [0.2, 0.25) is 0 Å². The van der Waals surface area contributed by atoms with E-state index in [4.69, 9.17) is 12.2 Å². The number of nitro benzene ring substituents is 1. The summed E-state index contributed by atoms with van der Waals surface area (Å²) in [6.07, 6.45) is 1.49. The van der Waals surface area contributed by atoms with Crippen molar-refractivity contribution in [1.29, 1.82) is 0 Å². The van der Waals surface area contributed by atoms with E-state index in [1.165, 1.54) is 24.0 Å². The number of rotatable bonds is 6. The van der Waals surface area contributed by atoms with Crippen molar-refractivity contribution in [1.82, 2.24) is 5.43 Å². The molecule has 0 aliphatic carbocycles. The van der Waals surface area contributed by atoms with Gasteiger partial charge in [-0.05, 0) is 49.5 Å². The normalized spacial score (nSPS) is 10.7. The summed E-state index contributed by atoms with van der Waals surface area (Å²) in [4.78, 5) is 12.6. The Morgan fingerprint density at radius 2 is 1.83 bits per heavy atom. The molecule has 3 aromatic rings. The highest BCUT2D eigenvalue weighted by atomic mass is 32.2. The van der Waals surface area contributed by atoms with Crippen LogP contribution < -0.4 is 10.7 Å². The van der Waals surface area contributed by atoms with Gasteiger partial charge in [0, 0.05) is 22.2 Å². The number of benzene rings is 3. The number of anilines is 1. The third-order valence-corrected chi connectivity index (χ3v) is 5.11. The van der Waals surface area contributed by atoms with E-state index < -0.39 is 0 Å². The van der Waals surface area contributed by atoms with E-state index in [2.05, 4.69) is 15.8 Å². The van der Waals surface area contributed by atoms with Crippen LogP contribution in [0.3, 0.4) is 0 Å². The number of nitro groups is 1. The lowest BCUT2D eigenvalue weighted by Crippen LogP contribution is -2.23. The fraction of sp³-hybridized carbons (Fsp3) is 0.0476. The summed E-state index contributed by atoms with van der Waals surface area (Å²) < 4.78 is 0. The van der Waals surface area contributed by atoms with Gasteiger partial charge in [-0.2, -0.15) is 5.10 Å². The minimum Gasteiger partial charge on any atom is -0.331 e. The molecular formula is C21H18N4O2S2. The number of hydrazone groups is 1. The second-order valence-electron chi connectivity index (χ2n) is 6.09. The zero-order valence-corrected chi connectivity index (χ0v) is 17.2.